The van der Waals surface area contributed by atoms with Crippen LogP contribution in [0.25, 0.3) is 0 Å². The maximum absolute atomic E-state index is 12.7. The molecule has 0 saturated carbocycles. The lowest BCUT2D eigenvalue weighted by atomic mass is 9.99. The van der Waals surface area contributed by atoms with Crippen molar-refractivity contribution in [1.82, 2.24) is 4.90 Å². The number of anilines is 1. The number of phenols is 1. The molecule has 3 rings (SSSR count). The van der Waals surface area contributed by atoms with Gasteiger partial charge in [0.25, 0.3) is 0 Å². The van der Waals surface area contributed by atoms with Crippen LogP contribution in [0.2, 0.25) is 0 Å². The Bertz CT molecular complexity index is 835. The molecule has 144 valence electrons. The zero-order valence-electron chi connectivity index (χ0n) is 13.7. The molecule has 2 unspecified atom stereocenters. The quantitative estimate of drug-likeness (QED) is 0.361. The van der Waals surface area contributed by atoms with E-state index in [0.29, 0.717) is 0 Å². The fraction of sp³-hybridized carbons (Fsp3) is 0.375. The first kappa shape index (κ1) is 19.3. The summed E-state index contributed by atoms with van der Waals surface area (Å²) in [5, 5.41) is 27.3. The molecule has 3 N–H and O–H groups in total. The number of benzene rings is 1. The number of fused-ring (bicyclic) bond motifs is 1. The molecule has 27 heavy (non-hydrogen) atoms. The molecule has 0 aliphatic carbocycles. The number of carbonyl (C=O) groups is 4. The summed E-state index contributed by atoms with van der Waals surface area (Å²) >= 11 is 7.17. The number of alkyl halides is 1. The van der Waals surface area contributed by atoms with E-state index in [0.717, 1.165) is 16.7 Å². The van der Waals surface area contributed by atoms with Gasteiger partial charge in [0.2, 0.25) is 11.8 Å². The Morgan fingerprint density at radius 3 is 2.63 bits per heavy atom. The van der Waals surface area contributed by atoms with Gasteiger partial charge in [-0.15, -0.1) is 23.4 Å². The van der Waals surface area contributed by atoms with Gasteiger partial charge in [0.1, 0.15) is 23.6 Å². The molecule has 2 heterocycles. The molecule has 2 saturated heterocycles. The summed E-state index contributed by atoms with van der Waals surface area (Å²) in [6.07, 6.45) is -0.828. The van der Waals surface area contributed by atoms with Crippen molar-refractivity contribution in [3.05, 3.63) is 24.3 Å². The van der Waals surface area contributed by atoms with Gasteiger partial charge >= 0.3 is 11.9 Å². The van der Waals surface area contributed by atoms with Crippen molar-refractivity contribution in [2.75, 3.05) is 17.2 Å². The topological polar surface area (TPSA) is 135 Å². The van der Waals surface area contributed by atoms with Crippen LogP contribution in [0.15, 0.2) is 24.3 Å². The van der Waals surface area contributed by atoms with Crippen LogP contribution in [0.3, 0.4) is 0 Å². The summed E-state index contributed by atoms with van der Waals surface area (Å²) in [6, 6.07) is 4.58. The summed E-state index contributed by atoms with van der Waals surface area (Å²) in [4.78, 5) is 48.2. The van der Waals surface area contributed by atoms with Crippen LogP contribution in [0.5, 0.6) is 5.75 Å². The normalized spacial score (nSPS) is 26.7. The van der Waals surface area contributed by atoms with Gasteiger partial charge in [-0.1, -0.05) is 6.07 Å². The number of nitrogens with zero attached hydrogens (tertiary/aromatic N) is 2. The van der Waals surface area contributed by atoms with Gasteiger partial charge in [0, 0.05) is 17.5 Å². The number of carboxylic acids is 2. The summed E-state index contributed by atoms with van der Waals surface area (Å²) in [5.41, 5.74) is 0.181. The molecule has 2 aliphatic heterocycles. The number of halogens is 1. The highest BCUT2D eigenvalue weighted by atomic mass is 35.5. The van der Waals surface area contributed by atoms with E-state index < -0.39 is 46.5 Å². The number of carboxylic acid groups (broad SMARTS) is 2. The van der Waals surface area contributed by atoms with Crippen molar-refractivity contribution in [2.24, 2.45) is 0 Å². The number of amides is 2. The first-order valence-corrected chi connectivity index (χ1v) is 9.24. The Morgan fingerprint density at radius 1 is 1.33 bits per heavy atom. The molecule has 1 aromatic carbocycles. The summed E-state index contributed by atoms with van der Waals surface area (Å²) < 4.78 is 0. The Kier molecular flexibility index (Phi) is 4.96. The first-order chi connectivity index (χ1) is 12.6. The number of rotatable bonds is 5. The minimum absolute atomic E-state index is 0.0236. The Morgan fingerprint density at radius 2 is 2.04 bits per heavy atom. The Labute approximate surface area is 162 Å². The van der Waals surface area contributed by atoms with Crippen molar-refractivity contribution < 1.29 is 34.5 Å². The maximum Gasteiger partial charge on any atom is 0.327 e. The molecule has 0 radical (unpaired) electrons. The number of hydrogen-bond acceptors (Lipinski definition) is 6. The smallest absolute Gasteiger partial charge is 0.327 e. The SMILES string of the molecule is O=C(O)CC(=O)N(c1cccc(O)c1)C1C(=O)N2CC(Cl)(C(=O)O)CS[C@H]12. The number of thioether (sulfide) groups is 1. The molecule has 3 atom stereocenters. The molecular formula is C16H15ClN2O7S. The standard InChI is InChI=1S/C16H15ClN2O7S/c17-16(15(25)26)6-18-13(24)12(14(18)27-7-16)19(10(21)5-11(22)23)8-2-1-3-9(20)4-8/h1-4,12,14,20H,5-7H2,(H,22,23)(H,25,26)/t12?,14-,16?/m1/s1. The van der Waals surface area contributed by atoms with Crippen LogP contribution in [-0.4, -0.2) is 72.6 Å². The second-order valence-corrected chi connectivity index (χ2v) is 8.07. The second kappa shape index (κ2) is 6.93. The predicted octanol–water partition coefficient (Wildman–Crippen LogP) is 0.546. The lowest BCUT2D eigenvalue weighted by molar-refractivity contribution is -0.151. The van der Waals surface area contributed by atoms with E-state index in [4.69, 9.17) is 16.7 Å². The van der Waals surface area contributed by atoms with E-state index in [1.54, 1.807) is 0 Å². The van der Waals surface area contributed by atoms with Crippen LogP contribution in [-0.2, 0) is 19.2 Å². The van der Waals surface area contributed by atoms with Gasteiger partial charge in [-0.25, -0.2) is 0 Å². The minimum atomic E-state index is -1.61. The second-order valence-electron chi connectivity index (χ2n) is 6.24. The van der Waals surface area contributed by atoms with Crippen LogP contribution in [0.1, 0.15) is 6.42 Å². The average molecular weight is 415 g/mol. The third-order valence-corrected chi connectivity index (χ3v) is 6.44. The van der Waals surface area contributed by atoms with E-state index >= 15 is 0 Å². The van der Waals surface area contributed by atoms with Gasteiger partial charge in [-0.05, 0) is 12.1 Å². The third kappa shape index (κ3) is 3.42. The zero-order chi connectivity index (χ0) is 19.9. The van der Waals surface area contributed by atoms with E-state index in [-0.39, 0.29) is 23.7 Å². The fourth-order valence-corrected chi connectivity index (χ4v) is 4.82. The van der Waals surface area contributed by atoms with E-state index in [9.17, 15) is 29.4 Å². The molecule has 0 aromatic heterocycles. The zero-order valence-corrected chi connectivity index (χ0v) is 15.3. The molecule has 11 heteroatoms. The highest BCUT2D eigenvalue weighted by molar-refractivity contribution is 8.00. The van der Waals surface area contributed by atoms with Gasteiger partial charge in [-0.3, -0.25) is 24.1 Å². The highest BCUT2D eigenvalue weighted by Gasteiger charge is 2.59. The molecule has 2 aliphatic rings. The van der Waals surface area contributed by atoms with Crippen molar-refractivity contribution in [3.63, 3.8) is 0 Å². The van der Waals surface area contributed by atoms with Crippen molar-refractivity contribution in [1.29, 1.82) is 0 Å². The third-order valence-electron chi connectivity index (χ3n) is 4.36. The molecule has 1 aromatic rings. The monoisotopic (exact) mass is 414 g/mol. The molecule has 9 nitrogen and oxygen atoms in total. The predicted molar refractivity (Wildman–Crippen MR) is 95.8 cm³/mol. The number of carbonyl (C=O) groups excluding carboxylic acids is 2. The van der Waals surface area contributed by atoms with Gasteiger partial charge in [-0.2, -0.15) is 0 Å². The van der Waals surface area contributed by atoms with E-state index in [2.05, 4.69) is 0 Å². The largest absolute Gasteiger partial charge is 0.508 e. The number of β-lactam (4-membered cyclic amide) rings is 1. The van der Waals surface area contributed by atoms with Crippen LogP contribution in [0, 0.1) is 0 Å². The van der Waals surface area contributed by atoms with Gasteiger partial charge in [0.15, 0.2) is 4.87 Å². The molecule has 2 fully saturated rings. The van der Waals surface area contributed by atoms with E-state index in [1.807, 2.05) is 0 Å². The van der Waals surface area contributed by atoms with Crippen LogP contribution in [0.4, 0.5) is 5.69 Å². The average Bonchev–Trinajstić information content (AvgIpc) is 2.58. The van der Waals surface area contributed by atoms with Gasteiger partial charge < -0.3 is 20.2 Å². The van der Waals surface area contributed by atoms with Crippen LogP contribution < -0.4 is 4.90 Å². The van der Waals surface area contributed by atoms with Gasteiger partial charge in [0.05, 0.1) is 6.54 Å². The van der Waals surface area contributed by atoms with Crippen LogP contribution >= 0.6 is 23.4 Å². The summed E-state index contributed by atoms with van der Waals surface area (Å²) in [6.45, 7) is -0.210. The summed E-state index contributed by atoms with van der Waals surface area (Å²) in [7, 11) is 0. The molecule has 2 amide bonds. The lowest BCUT2D eigenvalue weighted by Crippen LogP contribution is -2.75. The minimum Gasteiger partial charge on any atom is -0.508 e. The molecule has 0 spiro atoms. The highest BCUT2D eigenvalue weighted by Crippen LogP contribution is 2.44. The number of phenolic OH excluding ortho intramolecular Hbond substituents is 1. The number of hydrogen-bond donors (Lipinski definition) is 3. The maximum atomic E-state index is 12.7. The summed E-state index contributed by atoms with van der Waals surface area (Å²) in [5.74, 6) is -4.05. The van der Waals surface area contributed by atoms with Crippen molar-refractivity contribution in [3.8, 4) is 5.75 Å². The molecular weight excluding hydrogens is 400 g/mol. The van der Waals surface area contributed by atoms with E-state index in [1.165, 1.54) is 29.2 Å². The van der Waals surface area contributed by atoms with Crippen molar-refractivity contribution in [2.45, 2.75) is 22.7 Å². The Balaban J connectivity index is 1.90. The number of aromatic hydroxyl groups is 1. The lowest BCUT2D eigenvalue weighted by Gasteiger charge is -2.55. The Hall–Kier alpha value is -2.46. The first-order valence-electron chi connectivity index (χ1n) is 7.81. The molecule has 0 bridgehead atoms. The van der Waals surface area contributed by atoms with Crippen molar-refractivity contribution >= 4 is 52.8 Å². The number of aliphatic carboxylic acids is 2. The fourth-order valence-electron chi connectivity index (χ4n) is 3.07.